The predicted octanol–water partition coefficient (Wildman–Crippen LogP) is 2.68. The van der Waals surface area contributed by atoms with E-state index in [9.17, 15) is 8.42 Å². The van der Waals surface area contributed by atoms with Crippen LogP contribution in [0.2, 0.25) is 5.02 Å². The van der Waals surface area contributed by atoms with Crippen LogP contribution in [0.1, 0.15) is 19.3 Å². The second kappa shape index (κ2) is 7.45. The number of rotatable bonds is 5. The highest BCUT2D eigenvalue weighted by Gasteiger charge is 2.32. The van der Waals surface area contributed by atoms with Gasteiger partial charge in [-0.25, -0.2) is 0 Å². The number of likely N-dealkylation sites (N-methyl/N-ethyl adjacent to an activating group) is 1. The molecule has 1 unspecified atom stereocenters. The van der Waals surface area contributed by atoms with E-state index >= 15 is 0 Å². The molecule has 1 aromatic rings. The zero-order chi connectivity index (χ0) is 15.5. The van der Waals surface area contributed by atoms with Crippen LogP contribution in [0.15, 0.2) is 18.2 Å². The Morgan fingerprint density at radius 2 is 2.19 bits per heavy atom. The van der Waals surface area contributed by atoms with Crippen LogP contribution in [-0.4, -0.2) is 38.9 Å². The smallest absolute Gasteiger partial charge is 0.301 e. The molecular formula is C13H19ClIN3O2S. The molecule has 1 aromatic carbocycles. The topological polar surface area (TPSA) is 61.4 Å². The Hall–Kier alpha value is -0.0900. The quantitative estimate of drug-likeness (QED) is 0.688. The first kappa shape index (κ1) is 17.3. The lowest BCUT2D eigenvalue weighted by Gasteiger charge is -2.34. The molecule has 1 aliphatic rings. The summed E-state index contributed by atoms with van der Waals surface area (Å²) in [4.78, 5) is 0. The second-order valence-electron chi connectivity index (χ2n) is 5.05. The van der Waals surface area contributed by atoms with Crippen LogP contribution in [-0.2, 0) is 10.2 Å². The minimum absolute atomic E-state index is 0.00575. The molecule has 1 atom stereocenters. The van der Waals surface area contributed by atoms with E-state index in [0.29, 0.717) is 23.8 Å². The first-order valence-corrected chi connectivity index (χ1v) is 9.73. The predicted molar refractivity (Wildman–Crippen MR) is 95.0 cm³/mol. The van der Waals surface area contributed by atoms with Crippen LogP contribution in [0.25, 0.3) is 0 Å². The van der Waals surface area contributed by atoms with Gasteiger partial charge in [-0.3, -0.25) is 4.72 Å². The number of nitrogens with zero attached hydrogens (tertiary/aromatic N) is 1. The van der Waals surface area contributed by atoms with E-state index in [1.165, 1.54) is 0 Å². The molecule has 8 heteroatoms. The highest BCUT2D eigenvalue weighted by molar-refractivity contribution is 14.1. The van der Waals surface area contributed by atoms with Crippen LogP contribution in [0.5, 0.6) is 0 Å². The molecule has 1 fully saturated rings. The van der Waals surface area contributed by atoms with Gasteiger partial charge in [0.25, 0.3) is 0 Å². The largest absolute Gasteiger partial charge is 0.318 e. The maximum Gasteiger partial charge on any atom is 0.301 e. The third-order valence-electron chi connectivity index (χ3n) is 3.49. The Morgan fingerprint density at radius 3 is 2.86 bits per heavy atom. The molecule has 2 N–H and O–H groups in total. The molecule has 0 spiro atoms. The fourth-order valence-electron chi connectivity index (χ4n) is 2.50. The van der Waals surface area contributed by atoms with Crippen molar-refractivity contribution in [1.29, 1.82) is 0 Å². The van der Waals surface area contributed by atoms with Gasteiger partial charge in [0.05, 0.1) is 5.69 Å². The molecule has 0 aromatic heterocycles. The summed E-state index contributed by atoms with van der Waals surface area (Å²) in [6.45, 7) is 1.23. The summed E-state index contributed by atoms with van der Waals surface area (Å²) in [7, 11) is -1.71. The fourth-order valence-corrected chi connectivity index (χ4v) is 5.20. The molecule has 21 heavy (non-hydrogen) atoms. The molecule has 1 aliphatic heterocycles. The van der Waals surface area contributed by atoms with Crippen molar-refractivity contribution in [3.63, 3.8) is 0 Å². The molecule has 1 saturated heterocycles. The Labute approximate surface area is 144 Å². The van der Waals surface area contributed by atoms with Crippen LogP contribution in [0.3, 0.4) is 0 Å². The molecule has 0 amide bonds. The van der Waals surface area contributed by atoms with Crippen molar-refractivity contribution in [3.8, 4) is 0 Å². The summed E-state index contributed by atoms with van der Waals surface area (Å²) in [6.07, 6.45) is 2.86. The minimum Gasteiger partial charge on any atom is -0.318 e. The highest BCUT2D eigenvalue weighted by atomic mass is 127. The zero-order valence-electron chi connectivity index (χ0n) is 11.8. The van der Waals surface area contributed by atoms with Gasteiger partial charge in [0.1, 0.15) is 0 Å². The average Bonchev–Trinajstić information content (AvgIpc) is 2.43. The number of hydrogen-bond acceptors (Lipinski definition) is 3. The fraction of sp³-hybridized carbons (Fsp3) is 0.538. The Kier molecular flexibility index (Phi) is 6.13. The zero-order valence-corrected chi connectivity index (χ0v) is 15.5. The molecule has 118 valence electrons. The van der Waals surface area contributed by atoms with Crippen molar-refractivity contribution in [3.05, 3.63) is 26.8 Å². The van der Waals surface area contributed by atoms with E-state index in [-0.39, 0.29) is 6.04 Å². The third-order valence-corrected chi connectivity index (χ3v) is 6.20. The first-order valence-electron chi connectivity index (χ1n) is 6.83. The number of anilines is 1. The van der Waals surface area contributed by atoms with Gasteiger partial charge >= 0.3 is 10.2 Å². The van der Waals surface area contributed by atoms with Crippen molar-refractivity contribution < 1.29 is 8.42 Å². The summed E-state index contributed by atoms with van der Waals surface area (Å²) in [6, 6.07) is 5.12. The normalized spacial score (nSPS) is 20.4. The molecule has 2 rings (SSSR count). The van der Waals surface area contributed by atoms with E-state index in [2.05, 4.69) is 32.6 Å². The minimum atomic E-state index is -3.55. The van der Waals surface area contributed by atoms with Gasteiger partial charge < -0.3 is 5.32 Å². The second-order valence-corrected chi connectivity index (χ2v) is 8.27. The number of piperidine rings is 1. The van der Waals surface area contributed by atoms with Crippen LogP contribution < -0.4 is 10.0 Å². The van der Waals surface area contributed by atoms with E-state index in [1.54, 1.807) is 22.5 Å². The lowest BCUT2D eigenvalue weighted by Crippen LogP contribution is -2.50. The molecular weight excluding hydrogens is 425 g/mol. The van der Waals surface area contributed by atoms with Crippen molar-refractivity contribution in [2.45, 2.75) is 25.3 Å². The molecule has 0 radical (unpaired) electrons. The van der Waals surface area contributed by atoms with Crippen LogP contribution in [0.4, 0.5) is 5.69 Å². The van der Waals surface area contributed by atoms with E-state index < -0.39 is 10.2 Å². The van der Waals surface area contributed by atoms with Crippen LogP contribution >= 0.6 is 34.2 Å². The average molecular weight is 444 g/mol. The number of halogens is 2. The molecule has 1 heterocycles. The van der Waals surface area contributed by atoms with Gasteiger partial charge in [-0.15, -0.1) is 0 Å². The van der Waals surface area contributed by atoms with E-state index in [4.69, 9.17) is 11.6 Å². The van der Waals surface area contributed by atoms with E-state index in [0.717, 1.165) is 22.8 Å². The van der Waals surface area contributed by atoms with Gasteiger partial charge in [0.2, 0.25) is 0 Å². The molecule has 5 nitrogen and oxygen atoms in total. The standard InChI is InChI=1S/C13H19ClIN3O2S/c1-16-9-11-4-2-3-7-18(11)21(19,20)17-13-6-5-10(14)8-12(13)15/h5-6,8,11,16-17H,2-4,7,9H2,1H3. The third kappa shape index (κ3) is 4.44. The summed E-state index contributed by atoms with van der Waals surface area (Å²) < 4.78 is 30.3. The number of benzene rings is 1. The number of hydrogen-bond donors (Lipinski definition) is 2. The molecule has 0 aliphatic carbocycles. The lowest BCUT2D eigenvalue weighted by atomic mass is 10.1. The summed E-state index contributed by atoms with van der Waals surface area (Å²) >= 11 is 7.98. The SMILES string of the molecule is CNCC1CCCCN1S(=O)(=O)Nc1ccc(Cl)cc1I. The van der Waals surface area contributed by atoms with Crippen molar-refractivity contribution in [2.75, 3.05) is 24.9 Å². The highest BCUT2D eigenvalue weighted by Crippen LogP contribution is 2.26. The van der Waals surface area contributed by atoms with Gasteiger partial charge in [0, 0.05) is 27.7 Å². The maximum atomic E-state index is 12.6. The Morgan fingerprint density at radius 1 is 1.43 bits per heavy atom. The first-order chi connectivity index (χ1) is 9.94. The Bertz CT molecular complexity index is 595. The molecule has 0 saturated carbocycles. The van der Waals surface area contributed by atoms with Crippen molar-refractivity contribution in [2.24, 2.45) is 0 Å². The van der Waals surface area contributed by atoms with E-state index in [1.807, 2.05) is 7.05 Å². The monoisotopic (exact) mass is 443 g/mol. The lowest BCUT2D eigenvalue weighted by molar-refractivity contribution is 0.250. The van der Waals surface area contributed by atoms with Gasteiger partial charge in [-0.2, -0.15) is 12.7 Å². The summed E-state index contributed by atoms with van der Waals surface area (Å²) in [5.74, 6) is 0. The maximum absolute atomic E-state index is 12.6. The van der Waals surface area contributed by atoms with Gasteiger partial charge in [0.15, 0.2) is 0 Å². The van der Waals surface area contributed by atoms with Crippen molar-refractivity contribution >= 4 is 50.1 Å². The number of nitrogens with one attached hydrogen (secondary N) is 2. The van der Waals surface area contributed by atoms with Crippen molar-refractivity contribution in [1.82, 2.24) is 9.62 Å². The Balaban J connectivity index is 2.20. The van der Waals surface area contributed by atoms with Crippen LogP contribution in [0, 0.1) is 3.57 Å². The molecule has 0 bridgehead atoms. The summed E-state index contributed by atoms with van der Waals surface area (Å²) in [5.41, 5.74) is 0.564. The van der Waals surface area contributed by atoms with Gasteiger partial charge in [-0.05, 0) is 60.7 Å². The summed E-state index contributed by atoms with van der Waals surface area (Å²) in [5, 5.41) is 3.66. The van der Waals surface area contributed by atoms with Gasteiger partial charge in [-0.1, -0.05) is 18.0 Å².